The van der Waals surface area contributed by atoms with Gasteiger partial charge >= 0.3 is 35.8 Å². The maximum Gasteiger partial charge on any atom is 0.344 e. The lowest BCUT2D eigenvalue weighted by molar-refractivity contribution is -0.215. The number of esters is 6. The first kappa shape index (κ1) is 73.8. The number of carbonyl (C=O) groups is 6. The van der Waals surface area contributed by atoms with Gasteiger partial charge in [0, 0.05) is 0 Å². The minimum Gasteiger partial charge on any atom is -0.465 e. The Bertz CT molecular complexity index is 1900. The van der Waals surface area contributed by atoms with E-state index in [-0.39, 0.29) is 130 Å². The van der Waals surface area contributed by atoms with Crippen LogP contribution in [0.25, 0.3) is 0 Å². The molecule has 0 N–H and O–H groups in total. The van der Waals surface area contributed by atoms with Gasteiger partial charge in [-0.2, -0.15) is 0 Å². The normalized spacial score (nSPS) is 34.2. The van der Waals surface area contributed by atoms with Crippen LogP contribution in [0.4, 0.5) is 0 Å². The molecular weight excluding hydrogens is 997 g/mol. The maximum atomic E-state index is 12.5. The van der Waals surface area contributed by atoms with Crippen LogP contribution in [0.3, 0.4) is 0 Å². The van der Waals surface area contributed by atoms with Crippen LogP contribution >= 0.6 is 0 Å². The zero-order chi connectivity index (χ0) is 53.3. The van der Waals surface area contributed by atoms with Crippen molar-refractivity contribution in [1.29, 1.82) is 0 Å². The third-order valence-corrected chi connectivity index (χ3v) is 21.6. The molecule has 12 aliphatic carbocycles. The van der Waals surface area contributed by atoms with Gasteiger partial charge in [0.15, 0.2) is 6.61 Å². The van der Waals surface area contributed by atoms with Gasteiger partial charge in [0.1, 0.15) is 30.0 Å². The van der Waals surface area contributed by atoms with Crippen molar-refractivity contribution in [2.75, 3.05) is 19.8 Å². The Hall–Kier alpha value is -3.18. The van der Waals surface area contributed by atoms with Crippen LogP contribution in [0.5, 0.6) is 0 Å². The van der Waals surface area contributed by atoms with E-state index in [0.29, 0.717) is 41.9 Å². The van der Waals surface area contributed by atoms with E-state index < -0.39 is 16.2 Å². The molecule has 0 aromatic rings. The second-order valence-corrected chi connectivity index (χ2v) is 27.2. The smallest absolute Gasteiger partial charge is 0.344 e. The van der Waals surface area contributed by atoms with Crippen LogP contribution in [0.1, 0.15) is 269 Å². The first-order valence-electron chi connectivity index (χ1n) is 29.5. The lowest BCUT2D eigenvalue weighted by atomic mass is 9.49. The molecule has 0 saturated heterocycles. The summed E-state index contributed by atoms with van der Waals surface area (Å²) in [6.45, 7) is 23.5. The van der Waals surface area contributed by atoms with Gasteiger partial charge in [0.05, 0.1) is 29.1 Å². The SMILES string of the molecule is C.C.C.C.C.C.CCC(C)(C)C(=O)OCC(=O)OC1(CC)C2CC3CC(C2)CC1C3.CCC(C)(C)C(=O)OCCC(=O)OC1(C)C2CC3CC(C2)CC1C3.CCC(C)(C)C(=O)OCCC(=O)OC1(CC)C2CC3CC(C2)CC1C3. The molecule has 12 heteroatoms. The fourth-order valence-electron chi connectivity index (χ4n) is 16.3. The largest absolute Gasteiger partial charge is 0.465 e. The van der Waals surface area contributed by atoms with Gasteiger partial charge < -0.3 is 28.4 Å². The van der Waals surface area contributed by atoms with Crippen LogP contribution in [-0.2, 0) is 57.2 Å². The molecule has 0 unspecified atom stereocenters. The molecule has 0 aromatic carbocycles. The van der Waals surface area contributed by atoms with E-state index in [2.05, 4.69) is 20.8 Å². The van der Waals surface area contributed by atoms with E-state index in [1.165, 1.54) is 96.3 Å². The van der Waals surface area contributed by atoms with E-state index in [4.69, 9.17) is 28.4 Å². The molecule has 462 valence electrons. The Morgan fingerprint density at radius 3 is 0.899 bits per heavy atom. The highest BCUT2D eigenvalue weighted by Crippen LogP contribution is 2.63. The predicted molar refractivity (Wildman–Crippen MR) is 319 cm³/mol. The van der Waals surface area contributed by atoms with Crippen LogP contribution in [0.15, 0.2) is 0 Å². The molecule has 0 atom stereocenters. The summed E-state index contributed by atoms with van der Waals surface area (Å²) in [6, 6.07) is 0. The minimum atomic E-state index is -0.550. The Kier molecular flexibility index (Phi) is 27.5. The van der Waals surface area contributed by atoms with Gasteiger partial charge in [-0.25, -0.2) is 4.79 Å². The summed E-state index contributed by atoms with van der Waals surface area (Å²) in [5.41, 5.74) is -2.38. The summed E-state index contributed by atoms with van der Waals surface area (Å²) in [5, 5.41) is 0. The molecular formula is C67H122O12. The second kappa shape index (κ2) is 29.4. The quantitative estimate of drug-likeness (QED) is 0.0892. The molecule has 12 rings (SSSR count). The molecule has 0 radical (unpaired) electrons. The molecule has 0 aromatic heterocycles. The molecule has 12 bridgehead atoms. The van der Waals surface area contributed by atoms with E-state index in [1.807, 2.05) is 62.3 Å². The molecule has 12 nitrogen and oxygen atoms in total. The van der Waals surface area contributed by atoms with Crippen molar-refractivity contribution >= 4 is 35.8 Å². The predicted octanol–water partition coefficient (Wildman–Crippen LogP) is 16.5. The summed E-state index contributed by atoms with van der Waals surface area (Å²) >= 11 is 0. The van der Waals surface area contributed by atoms with Gasteiger partial charge in [0.25, 0.3) is 0 Å². The van der Waals surface area contributed by atoms with Gasteiger partial charge in [-0.15, -0.1) is 0 Å². The van der Waals surface area contributed by atoms with Gasteiger partial charge in [-0.1, -0.05) is 79.2 Å². The molecule has 0 amide bonds. The summed E-state index contributed by atoms with van der Waals surface area (Å²) in [6.07, 6.45) is 23.0. The van der Waals surface area contributed by atoms with Crippen molar-refractivity contribution in [3.05, 3.63) is 0 Å². The van der Waals surface area contributed by atoms with Gasteiger partial charge in [-0.05, 0) is 248 Å². The van der Waals surface area contributed by atoms with E-state index >= 15 is 0 Å². The van der Waals surface area contributed by atoms with Gasteiger partial charge in [0.2, 0.25) is 0 Å². The van der Waals surface area contributed by atoms with Crippen LogP contribution in [0, 0.1) is 87.3 Å². The van der Waals surface area contributed by atoms with Crippen molar-refractivity contribution in [2.45, 2.75) is 286 Å². The number of hydrogen-bond acceptors (Lipinski definition) is 12. The topological polar surface area (TPSA) is 158 Å². The average molecular weight is 1120 g/mol. The summed E-state index contributed by atoms with van der Waals surface area (Å²) < 4.78 is 34.0. The Balaban J connectivity index is 0.000000571. The highest BCUT2D eigenvalue weighted by molar-refractivity contribution is 5.80. The molecule has 12 aliphatic rings. The van der Waals surface area contributed by atoms with Crippen LogP contribution in [-0.4, -0.2) is 72.4 Å². The molecule has 0 aliphatic heterocycles. The first-order chi connectivity index (χ1) is 34.3. The van der Waals surface area contributed by atoms with Crippen molar-refractivity contribution in [3.63, 3.8) is 0 Å². The standard InChI is InChI=1S/C21H34O4.2C20H32O4.6CH4/c1-5-20(3,4)19(23)24-8-7-18(22)25-21(6-2)16-10-14-9-15(12-16)13-17(21)11-14;1-5-19(2,3)18(22)23-7-6-17(21)24-20(4)15-9-13-8-14(11-15)12-16(20)10-13;1-5-19(3,4)18(22)23-12-17(21)24-20(6-2)15-8-13-7-14(10-15)11-16(20)9-13;;;;;;/h14-17H,5-13H2,1-4H3;2*13-16H,5-12H2,1-4H3;6*1H4. The zero-order valence-corrected chi connectivity index (χ0v) is 47.5. The fraction of sp³-hybridized carbons (Fsp3) is 0.910. The highest BCUT2D eigenvalue weighted by atomic mass is 16.6. The Labute approximate surface area is 483 Å². The summed E-state index contributed by atoms with van der Waals surface area (Å²) in [7, 11) is 0. The van der Waals surface area contributed by atoms with Crippen molar-refractivity contribution in [1.82, 2.24) is 0 Å². The monoisotopic (exact) mass is 1120 g/mol. The molecule has 79 heavy (non-hydrogen) atoms. The molecule has 0 heterocycles. The minimum absolute atomic E-state index is 0. The molecule has 12 saturated carbocycles. The first-order valence-corrected chi connectivity index (χ1v) is 29.5. The van der Waals surface area contributed by atoms with E-state index in [0.717, 1.165) is 61.2 Å². The lowest BCUT2D eigenvalue weighted by Crippen LogP contribution is -2.59. The fourth-order valence-corrected chi connectivity index (χ4v) is 16.3. The Morgan fingerprint density at radius 2 is 0.620 bits per heavy atom. The number of ether oxygens (including phenoxy) is 6. The van der Waals surface area contributed by atoms with Crippen molar-refractivity contribution in [3.8, 4) is 0 Å². The zero-order valence-electron chi connectivity index (χ0n) is 47.5. The number of hydrogen-bond donors (Lipinski definition) is 0. The van der Waals surface area contributed by atoms with Crippen LogP contribution < -0.4 is 0 Å². The lowest BCUT2D eigenvalue weighted by Gasteiger charge is -2.60. The van der Waals surface area contributed by atoms with Crippen molar-refractivity contribution in [2.24, 2.45) is 87.3 Å². The average Bonchev–Trinajstić information content (AvgIpc) is 3.34. The second-order valence-electron chi connectivity index (χ2n) is 27.2. The van der Waals surface area contributed by atoms with Gasteiger partial charge in [-0.3, -0.25) is 24.0 Å². The highest BCUT2D eigenvalue weighted by Gasteiger charge is 2.61. The summed E-state index contributed by atoms with van der Waals surface area (Å²) in [4.78, 5) is 73.3. The number of rotatable bonds is 19. The summed E-state index contributed by atoms with van der Waals surface area (Å²) in [5.74, 6) is 6.69. The molecule has 12 fully saturated rings. The maximum absolute atomic E-state index is 12.5. The number of carbonyl (C=O) groups excluding carboxylic acids is 6. The van der Waals surface area contributed by atoms with E-state index in [1.54, 1.807) is 0 Å². The van der Waals surface area contributed by atoms with E-state index in [9.17, 15) is 28.8 Å². The third-order valence-electron chi connectivity index (χ3n) is 21.6. The Morgan fingerprint density at radius 1 is 0.367 bits per heavy atom. The molecule has 0 spiro atoms. The van der Waals surface area contributed by atoms with Crippen LogP contribution in [0.2, 0.25) is 0 Å². The third kappa shape index (κ3) is 15.9. The van der Waals surface area contributed by atoms with Crippen molar-refractivity contribution < 1.29 is 57.2 Å².